The Labute approximate surface area is 204 Å². The average Bonchev–Trinajstić information content (AvgIpc) is 2.88. The molecule has 4 rings (SSSR count). The second-order valence-electron chi connectivity index (χ2n) is 8.89. The number of carbonyl (C=O) groups is 2. The topological polar surface area (TPSA) is 62.3 Å². The van der Waals surface area contributed by atoms with Crippen molar-refractivity contribution in [2.45, 2.75) is 26.0 Å². The molecule has 0 aliphatic carbocycles. The Morgan fingerprint density at radius 1 is 1.09 bits per heavy atom. The summed E-state index contributed by atoms with van der Waals surface area (Å²) in [5.74, 6) is -0.940. The van der Waals surface area contributed by atoms with E-state index < -0.39 is 12.5 Å². The first kappa shape index (κ1) is 24.9. The van der Waals surface area contributed by atoms with Gasteiger partial charge in [0.25, 0.3) is 5.91 Å². The van der Waals surface area contributed by atoms with Crippen LogP contribution in [0.15, 0.2) is 48.5 Å². The van der Waals surface area contributed by atoms with E-state index in [0.29, 0.717) is 39.1 Å². The Morgan fingerprint density at radius 3 is 2.57 bits per heavy atom. The van der Waals surface area contributed by atoms with Gasteiger partial charge < -0.3 is 24.2 Å². The van der Waals surface area contributed by atoms with Gasteiger partial charge in [-0.3, -0.25) is 9.59 Å². The number of benzene rings is 2. The van der Waals surface area contributed by atoms with Crippen molar-refractivity contribution in [2.24, 2.45) is 5.92 Å². The Bertz CT molecular complexity index is 1030. The Balaban J connectivity index is 1.42. The Morgan fingerprint density at radius 2 is 1.80 bits per heavy atom. The average molecular weight is 488 g/mol. The third kappa shape index (κ3) is 6.08. The molecule has 1 atom stereocenters. The number of carbonyl (C=O) groups excluding carboxylic acids is 2. The van der Waals surface area contributed by atoms with Crippen LogP contribution in [0.3, 0.4) is 0 Å². The standard InChI is InChI=1S/C26H31F2N3O4/c1-29(17-19-7-2-4-10-22(19)30-13-15-34-16-14-30)24(32)20-8-6-12-31(18-20)25(33)21-9-3-5-11-23(21)35-26(27)28/h2-5,7,9-11,20,26H,6,8,12-18H2,1H3. The summed E-state index contributed by atoms with van der Waals surface area (Å²) in [5, 5.41) is 0. The fourth-order valence-corrected chi connectivity index (χ4v) is 4.78. The lowest BCUT2D eigenvalue weighted by molar-refractivity contribution is -0.136. The van der Waals surface area contributed by atoms with Crippen molar-refractivity contribution in [2.75, 3.05) is 51.3 Å². The van der Waals surface area contributed by atoms with Crippen LogP contribution in [0.4, 0.5) is 14.5 Å². The van der Waals surface area contributed by atoms with E-state index in [2.05, 4.69) is 15.7 Å². The third-order valence-corrected chi connectivity index (χ3v) is 6.52. The smallest absolute Gasteiger partial charge is 0.387 e. The molecule has 0 aromatic heterocycles. The molecule has 0 bridgehead atoms. The second-order valence-corrected chi connectivity index (χ2v) is 8.89. The van der Waals surface area contributed by atoms with Gasteiger partial charge in [0.15, 0.2) is 0 Å². The van der Waals surface area contributed by atoms with Crippen molar-refractivity contribution in [3.63, 3.8) is 0 Å². The van der Waals surface area contributed by atoms with Gasteiger partial charge in [0.2, 0.25) is 5.91 Å². The van der Waals surface area contributed by atoms with Crippen LogP contribution in [0.25, 0.3) is 0 Å². The lowest BCUT2D eigenvalue weighted by Crippen LogP contribution is -2.46. The summed E-state index contributed by atoms with van der Waals surface area (Å²) < 4.78 is 35.6. The highest BCUT2D eigenvalue weighted by molar-refractivity contribution is 5.97. The van der Waals surface area contributed by atoms with E-state index in [-0.39, 0.29) is 29.7 Å². The van der Waals surface area contributed by atoms with Crippen LogP contribution in [0.1, 0.15) is 28.8 Å². The molecule has 35 heavy (non-hydrogen) atoms. The van der Waals surface area contributed by atoms with E-state index in [9.17, 15) is 18.4 Å². The van der Waals surface area contributed by atoms with Crippen LogP contribution in [-0.4, -0.2) is 74.7 Å². The van der Waals surface area contributed by atoms with Crippen LogP contribution in [0.2, 0.25) is 0 Å². The van der Waals surface area contributed by atoms with E-state index >= 15 is 0 Å². The maximum absolute atomic E-state index is 13.3. The van der Waals surface area contributed by atoms with Crippen molar-refractivity contribution in [1.82, 2.24) is 9.80 Å². The highest BCUT2D eigenvalue weighted by Crippen LogP contribution is 2.27. The van der Waals surface area contributed by atoms with Gasteiger partial charge in [0, 0.05) is 45.5 Å². The molecule has 0 saturated carbocycles. The largest absolute Gasteiger partial charge is 0.434 e. The number of rotatable bonds is 7. The van der Waals surface area contributed by atoms with Gasteiger partial charge >= 0.3 is 6.61 Å². The van der Waals surface area contributed by atoms with Gasteiger partial charge in [-0.15, -0.1) is 0 Å². The SMILES string of the molecule is CN(Cc1ccccc1N1CCOCC1)C(=O)C1CCCN(C(=O)c2ccccc2OC(F)F)C1. The normalized spacial score (nSPS) is 18.5. The summed E-state index contributed by atoms with van der Waals surface area (Å²) in [5.41, 5.74) is 2.24. The van der Waals surface area contributed by atoms with Crippen LogP contribution in [-0.2, 0) is 16.1 Å². The first-order valence-electron chi connectivity index (χ1n) is 11.9. The number of nitrogens with zero attached hydrogens (tertiary/aromatic N) is 3. The third-order valence-electron chi connectivity index (χ3n) is 6.52. The van der Waals surface area contributed by atoms with Crippen molar-refractivity contribution in [3.8, 4) is 5.75 Å². The summed E-state index contributed by atoms with van der Waals surface area (Å²) in [6.07, 6.45) is 1.34. The molecule has 0 N–H and O–H groups in total. The maximum atomic E-state index is 13.3. The van der Waals surface area contributed by atoms with Crippen molar-refractivity contribution < 1.29 is 27.8 Å². The lowest BCUT2D eigenvalue weighted by Gasteiger charge is -2.35. The predicted molar refractivity (Wildman–Crippen MR) is 128 cm³/mol. The number of piperidine rings is 1. The molecule has 2 heterocycles. The summed E-state index contributed by atoms with van der Waals surface area (Å²) in [6, 6.07) is 14.0. The molecule has 2 aliphatic heterocycles. The summed E-state index contributed by atoms with van der Waals surface area (Å²) in [4.78, 5) is 32.0. The highest BCUT2D eigenvalue weighted by atomic mass is 19.3. The summed E-state index contributed by atoms with van der Waals surface area (Å²) in [7, 11) is 1.78. The van der Waals surface area contributed by atoms with E-state index in [0.717, 1.165) is 24.3 Å². The number of para-hydroxylation sites is 2. The van der Waals surface area contributed by atoms with Gasteiger partial charge in [-0.05, 0) is 36.6 Å². The number of amides is 2. The number of morpholine rings is 1. The van der Waals surface area contributed by atoms with E-state index in [1.165, 1.54) is 12.1 Å². The monoisotopic (exact) mass is 487 g/mol. The molecule has 2 aromatic carbocycles. The Hall–Kier alpha value is -3.20. The van der Waals surface area contributed by atoms with Gasteiger partial charge in [-0.25, -0.2) is 0 Å². The maximum Gasteiger partial charge on any atom is 0.387 e. The van der Waals surface area contributed by atoms with Gasteiger partial charge in [0.05, 0.1) is 24.7 Å². The van der Waals surface area contributed by atoms with Gasteiger partial charge in [0.1, 0.15) is 5.75 Å². The van der Waals surface area contributed by atoms with Gasteiger partial charge in [-0.1, -0.05) is 30.3 Å². The Kier molecular flexibility index (Phi) is 8.17. The van der Waals surface area contributed by atoms with Crippen molar-refractivity contribution >= 4 is 17.5 Å². The molecule has 7 nitrogen and oxygen atoms in total. The molecule has 2 fully saturated rings. The fraction of sp³-hybridized carbons (Fsp3) is 0.462. The predicted octanol–water partition coefficient (Wildman–Crippen LogP) is 3.64. The minimum atomic E-state index is -3.02. The minimum absolute atomic E-state index is 0.0311. The molecule has 2 aliphatic rings. The molecule has 2 saturated heterocycles. The van der Waals surface area contributed by atoms with E-state index in [1.54, 1.807) is 29.0 Å². The number of hydrogen-bond donors (Lipinski definition) is 0. The number of ether oxygens (including phenoxy) is 2. The molecule has 2 amide bonds. The van der Waals surface area contributed by atoms with Crippen LogP contribution in [0.5, 0.6) is 5.75 Å². The molecule has 2 aromatic rings. The molecule has 1 unspecified atom stereocenters. The number of likely N-dealkylation sites (tertiary alicyclic amines) is 1. The fourth-order valence-electron chi connectivity index (χ4n) is 4.78. The van der Waals surface area contributed by atoms with Crippen LogP contribution in [0, 0.1) is 5.92 Å². The van der Waals surface area contributed by atoms with E-state index in [1.807, 2.05) is 18.2 Å². The number of halogens is 2. The molecular formula is C26H31F2N3O4. The lowest BCUT2D eigenvalue weighted by atomic mass is 9.95. The molecule has 9 heteroatoms. The van der Waals surface area contributed by atoms with Gasteiger partial charge in [-0.2, -0.15) is 8.78 Å². The number of alkyl halides is 2. The van der Waals surface area contributed by atoms with Crippen LogP contribution < -0.4 is 9.64 Å². The van der Waals surface area contributed by atoms with Crippen LogP contribution >= 0.6 is 0 Å². The zero-order chi connectivity index (χ0) is 24.8. The quantitative estimate of drug-likeness (QED) is 0.597. The molecule has 188 valence electrons. The van der Waals surface area contributed by atoms with Crippen molar-refractivity contribution in [1.29, 1.82) is 0 Å². The number of hydrogen-bond acceptors (Lipinski definition) is 5. The molecular weight excluding hydrogens is 456 g/mol. The molecule has 0 radical (unpaired) electrons. The second kappa shape index (κ2) is 11.5. The number of anilines is 1. The summed E-state index contributed by atoms with van der Waals surface area (Å²) in [6.45, 7) is 1.14. The first-order valence-corrected chi connectivity index (χ1v) is 11.9. The highest BCUT2D eigenvalue weighted by Gasteiger charge is 2.32. The summed E-state index contributed by atoms with van der Waals surface area (Å²) >= 11 is 0. The minimum Gasteiger partial charge on any atom is -0.434 e. The van der Waals surface area contributed by atoms with Crippen molar-refractivity contribution in [3.05, 3.63) is 59.7 Å². The van der Waals surface area contributed by atoms with E-state index in [4.69, 9.17) is 4.74 Å². The zero-order valence-electron chi connectivity index (χ0n) is 19.9. The first-order chi connectivity index (χ1) is 16.9. The molecule has 0 spiro atoms. The zero-order valence-corrected chi connectivity index (χ0v) is 19.9.